The molecule has 110 valence electrons. The lowest BCUT2D eigenvalue weighted by atomic mass is 9.74. The van der Waals surface area contributed by atoms with Crippen LogP contribution in [0.4, 0.5) is 5.69 Å². The fraction of sp³-hybridized carbons (Fsp3) is 0.438. The summed E-state index contributed by atoms with van der Waals surface area (Å²) in [5.41, 5.74) is 8.15. The van der Waals surface area contributed by atoms with E-state index < -0.39 is 0 Å². The topological polar surface area (TPSA) is 67.6 Å². The fourth-order valence-electron chi connectivity index (χ4n) is 2.91. The number of nitrogens with zero attached hydrogens (tertiary/aromatic N) is 1. The Morgan fingerprint density at radius 2 is 2.24 bits per heavy atom. The first-order valence-electron chi connectivity index (χ1n) is 7.04. The lowest BCUT2D eigenvalue weighted by Crippen LogP contribution is -2.71. The highest BCUT2D eigenvalue weighted by Gasteiger charge is 2.47. The number of anilines is 1. The smallest absolute Gasteiger partial charge is 0.339 e. The first-order chi connectivity index (χ1) is 10.2. The third kappa shape index (κ3) is 2.48. The van der Waals surface area contributed by atoms with Crippen LogP contribution in [0, 0.1) is 17.3 Å². The van der Waals surface area contributed by atoms with E-state index in [1.54, 1.807) is 6.07 Å². The van der Waals surface area contributed by atoms with Crippen LogP contribution < -0.4 is 16.0 Å². The van der Waals surface area contributed by atoms with Gasteiger partial charge in [-0.2, -0.15) is 0 Å². The van der Waals surface area contributed by atoms with Crippen LogP contribution in [0.1, 0.15) is 15.9 Å². The van der Waals surface area contributed by atoms with Gasteiger partial charge in [-0.25, -0.2) is 4.79 Å². The number of nitrogens with one attached hydrogen (secondary N) is 1. The first kappa shape index (κ1) is 13.9. The number of hydrogen-bond acceptors (Lipinski definition) is 5. The molecule has 2 aliphatic heterocycles. The third-order valence-electron chi connectivity index (χ3n) is 4.15. The maximum Gasteiger partial charge on any atom is 0.339 e. The summed E-state index contributed by atoms with van der Waals surface area (Å²) >= 11 is 0. The molecule has 0 atom stereocenters. The SMILES string of the molecule is COC(=O)c1ccc(N2CC3(CNC3)C2)cc1C#CCN. The molecule has 1 aromatic rings. The zero-order valence-electron chi connectivity index (χ0n) is 12.1. The molecule has 3 rings (SSSR count). The van der Waals surface area contributed by atoms with Crippen molar-refractivity contribution in [2.24, 2.45) is 11.1 Å². The van der Waals surface area contributed by atoms with E-state index in [0.717, 1.165) is 31.9 Å². The Labute approximate surface area is 124 Å². The van der Waals surface area contributed by atoms with Gasteiger partial charge in [0.05, 0.1) is 19.2 Å². The van der Waals surface area contributed by atoms with Crippen molar-refractivity contribution in [3.05, 3.63) is 29.3 Å². The highest BCUT2D eigenvalue weighted by molar-refractivity contribution is 5.93. The van der Waals surface area contributed by atoms with Crippen LogP contribution in [0.2, 0.25) is 0 Å². The molecule has 0 saturated carbocycles. The number of carbonyl (C=O) groups is 1. The van der Waals surface area contributed by atoms with Gasteiger partial charge >= 0.3 is 5.97 Å². The van der Waals surface area contributed by atoms with Crippen LogP contribution in [0.25, 0.3) is 0 Å². The molecule has 2 saturated heterocycles. The first-order valence-corrected chi connectivity index (χ1v) is 7.04. The second kappa shape index (κ2) is 5.40. The molecule has 3 N–H and O–H groups in total. The van der Waals surface area contributed by atoms with Crippen LogP contribution in [-0.2, 0) is 4.74 Å². The van der Waals surface area contributed by atoms with Gasteiger partial charge in [0.1, 0.15) is 0 Å². The summed E-state index contributed by atoms with van der Waals surface area (Å²) in [6.45, 7) is 4.58. The number of carbonyl (C=O) groups excluding carboxylic acids is 1. The molecule has 21 heavy (non-hydrogen) atoms. The van der Waals surface area contributed by atoms with E-state index in [1.807, 2.05) is 12.1 Å². The molecule has 5 nitrogen and oxygen atoms in total. The van der Waals surface area contributed by atoms with Crippen molar-refractivity contribution < 1.29 is 9.53 Å². The monoisotopic (exact) mass is 285 g/mol. The van der Waals surface area contributed by atoms with Crippen molar-refractivity contribution in [1.82, 2.24) is 5.32 Å². The van der Waals surface area contributed by atoms with E-state index in [1.165, 1.54) is 7.11 Å². The number of methoxy groups -OCH3 is 1. The predicted octanol–water partition coefficient (Wildman–Crippen LogP) is 0.193. The largest absolute Gasteiger partial charge is 0.465 e. The summed E-state index contributed by atoms with van der Waals surface area (Å²) in [6, 6.07) is 5.69. The number of hydrogen-bond donors (Lipinski definition) is 2. The van der Waals surface area contributed by atoms with E-state index in [2.05, 4.69) is 22.1 Å². The lowest BCUT2D eigenvalue weighted by molar-refractivity contribution is 0.0600. The molecule has 5 heteroatoms. The van der Waals surface area contributed by atoms with Gasteiger partial charge < -0.3 is 20.7 Å². The molecule has 0 unspecified atom stereocenters. The molecule has 0 radical (unpaired) electrons. The predicted molar refractivity (Wildman–Crippen MR) is 81.2 cm³/mol. The van der Waals surface area contributed by atoms with Gasteiger partial charge in [0.15, 0.2) is 0 Å². The van der Waals surface area contributed by atoms with Crippen molar-refractivity contribution in [1.29, 1.82) is 0 Å². The molecular weight excluding hydrogens is 266 g/mol. The summed E-state index contributed by atoms with van der Waals surface area (Å²) < 4.78 is 4.80. The molecule has 0 bridgehead atoms. The molecule has 0 aliphatic carbocycles. The summed E-state index contributed by atoms with van der Waals surface area (Å²) in [5.74, 6) is 5.40. The standard InChI is InChI=1S/C16H19N3O2/c1-21-15(20)14-5-4-13(7-12(14)3-2-6-17)19-10-16(11-19)8-18-9-16/h4-5,7,18H,6,8-11,17H2,1H3. The van der Waals surface area contributed by atoms with Gasteiger partial charge in [-0.1, -0.05) is 11.8 Å². The van der Waals surface area contributed by atoms with Crippen LogP contribution in [0.3, 0.4) is 0 Å². The van der Waals surface area contributed by atoms with Crippen molar-refractivity contribution in [3.8, 4) is 11.8 Å². The maximum atomic E-state index is 11.8. The Balaban J connectivity index is 1.84. The molecule has 2 fully saturated rings. The van der Waals surface area contributed by atoms with E-state index in [-0.39, 0.29) is 12.5 Å². The van der Waals surface area contributed by atoms with Gasteiger partial charge in [-0.3, -0.25) is 0 Å². The Bertz CT molecular complexity index is 618. The molecule has 2 aliphatic rings. The quantitative estimate of drug-likeness (QED) is 0.600. The average molecular weight is 285 g/mol. The van der Waals surface area contributed by atoms with E-state index >= 15 is 0 Å². The van der Waals surface area contributed by atoms with Crippen molar-refractivity contribution in [3.63, 3.8) is 0 Å². The average Bonchev–Trinajstić information content (AvgIpc) is 2.41. The van der Waals surface area contributed by atoms with Crippen molar-refractivity contribution in [2.45, 2.75) is 0 Å². The van der Waals surface area contributed by atoms with Crippen LogP contribution in [0.5, 0.6) is 0 Å². The number of benzene rings is 1. The minimum Gasteiger partial charge on any atom is -0.465 e. The number of rotatable bonds is 2. The summed E-state index contributed by atoms with van der Waals surface area (Å²) in [7, 11) is 1.37. The second-order valence-corrected chi connectivity index (χ2v) is 5.69. The van der Waals surface area contributed by atoms with Crippen LogP contribution in [0.15, 0.2) is 18.2 Å². The zero-order chi connectivity index (χ0) is 14.9. The Morgan fingerprint density at radius 1 is 1.48 bits per heavy atom. The summed E-state index contributed by atoms with van der Waals surface area (Å²) in [5, 5.41) is 3.32. The normalized spacial score (nSPS) is 18.3. The van der Waals surface area contributed by atoms with Gasteiger partial charge in [-0.05, 0) is 18.2 Å². The summed E-state index contributed by atoms with van der Waals surface area (Å²) in [6.07, 6.45) is 0. The molecular formula is C16H19N3O2. The van der Waals surface area contributed by atoms with Gasteiger partial charge in [0.2, 0.25) is 0 Å². The van der Waals surface area contributed by atoms with Gasteiger partial charge in [0.25, 0.3) is 0 Å². The maximum absolute atomic E-state index is 11.8. The minimum atomic E-state index is -0.369. The fourth-order valence-corrected chi connectivity index (χ4v) is 2.91. The van der Waals surface area contributed by atoms with Crippen LogP contribution in [-0.4, -0.2) is 45.8 Å². The Kier molecular flexibility index (Phi) is 3.58. The van der Waals surface area contributed by atoms with Gasteiger partial charge in [-0.15, -0.1) is 0 Å². The molecule has 0 aromatic heterocycles. The second-order valence-electron chi connectivity index (χ2n) is 5.69. The number of esters is 1. The molecule has 1 aromatic carbocycles. The highest BCUT2D eigenvalue weighted by Crippen LogP contribution is 2.37. The van der Waals surface area contributed by atoms with E-state index in [4.69, 9.17) is 10.5 Å². The molecule has 0 amide bonds. The highest BCUT2D eigenvalue weighted by atomic mass is 16.5. The number of nitrogens with two attached hydrogens (primary N) is 1. The van der Waals surface area contributed by atoms with Crippen LogP contribution >= 0.6 is 0 Å². The summed E-state index contributed by atoms with van der Waals surface area (Å²) in [4.78, 5) is 14.1. The zero-order valence-corrected chi connectivity index (χ0v) is 12.1. The third-order valence-corrected chi connectivity index (χ3v) is 4.15. The van der Waals surface area contributed by atoms with E-state index in [0.29, 0.717) is 16.5 Å². The van der Waals surface area contributed by atoms with Crippen molar-refractivity contribution >= 4 is 11.7 Å². The Hall–Kier alpha value is -2.03. The van der Waals surface area contributed by atoms with Gasteiger partial charge in [0, 0.05) is 42.8 Å². The molecule has 2 heterocycles. The minimum absolute atomic E-state index is 0.267. The van der Waals surface area contributed by atoms with Crippen molar-refractivity contribution in [2.75, 3.05) is 44.7 Å². The Morgan fingerprint density at radius 3 is 2.81 bits per heavy atom. The number of ether oxygens (including phenoxy) is 1. The van der Waals surface area contributed by atoms with E-state index in [9.17, 15) is 4.79 Å². The molecule has 1 spiro atoms. The lowest BCUT2D eigenvalue weighted by Gasteiger charge is -2.57.